The molecule has 2 heterocycles. The second-order valence-corrected chi connectivity index (χ2v) is 10.3. The minimum absolute atomic E-state index is 0.0231. The van der Waals surface area contributed by atoms with E-state index in [1.54, 1.807) is 42.5 Å². The van der Waals surface area contributed by atoms with E-state index in [-0.39, 0.29) is 23.7 Å². The van der Waals surface area contributed by atoms with Crippen molar-refractivity contribution in [2.75, 3.05) is 42.7 Å². The van der Waals surface area contributed by atoms with Crippen molar-refractivity contribution in [3.63, 3.8) is 0 Å². The van der Waals surface area contributed by atoms with Gasteiger partial charge >= 0.3 is 0 Å². The molecule has 0 radical (unpaired) electrons. The van der Waals surface area contributed by atoms with Crippen molar-refractivity contribution in [2.45, 2.75) is 24.8 Å². The molecule has 0 saturated carbocycles. The number of hydrogen-bond donors (Lipinski definition) is 3. The third-order valence-corrected chi connectivity index (χ3v) is 7.68. The van der Waals surface area contributed by atoms with E-state index in [0.29, 0.717) is 35.2 Å². The van der Waals surface area contributed by atoms with Crippen LogP contribution in [-0.4, -0.2) is 49.1 Å². The molecule has 0 aliphatic carbocycles. The number of nitrogens with two attached hydrogens (primary N) is 1. The molecule has 5 rings (SSSR count). The minimum Gasteiger partial charge on any atom is -0.397 e. The van der Waals surface area contributed by atoms with Crippen LogP contribution in [0.15, 0.2) is 78.9 Å². The Labute approximate surface area is 234 Å². The van der Waals surface area contributed by atoms with Gasteiger partial charge in [-0.25, -0.2) is 0 Å². The molecule has 2 unspecified atom stereocenters. The second-order valence-electron chi connectivity index (χ2n) is 10.3. The van der Waals surface area contributed by atoms with Crippen molar-refractivity contribution in [3.8, 4) is 6.07 Å². The van der Waals surface area contributed by atoms with Crippen molar-refractivity contribution in [1.29, 1.82) is 5.26 Å². The first kappa shape index (κ1) is 27.1. The lowest BCUT2D eigenvalue weighted by atomic mass is 9.88. The summed E-state index contributed by atoms with van der Waals surface area (Å²) in [5.41, 5.74) is 10.2. The highest BCUT2D eigenvalue weighted by Gasteiger charge is 2.41. The molecule has 2 aliphatic heterocycles. The van der Waals surface area contributed by atoms with Gasteiger partial charge in [-0.3, -0.25) is 14.5 Å². The lowest BCUT2D eigenvalue weighted by Crippen LogP contribution is -2.38. The number of nitrogens with one attached hydrogen (secondary N) is 2. The molecular formula is C32H33N5O3. The molecule has 0 aromatic heterocycles. The van der Waals surface area contributed by atoms with Crippen molar-refractivity contribution in [1.82, 2.24) is 4.90 Å². The van der Waals surface area contributed by atoms with Gasteiger partial charge in [-0.2, -0.15) is 5.26 Å². The van der Waals surface area contributed by atoms with Crippen molar-refractivity contribution >= 4 is 35.0 Å². The minimum atomic E-state index is -0.260. The quantitative estimate of drug-likeness (QED) is 0.300. The molecule has 40 heavy (non-hydrogen) atoms. The predicted molar refractivity (Wildman–Crippen MR) is 156 cm³/mol. The molecule has 0 bridgehead atoms. The zero-order chi connectivity index (χ0) is 27.9. The molecule has 204 valence electrons. The molecule has 2 atom stereocenters. The average Bonchev–Trinajstić information content (AvgIpc) is 3.44. The number of hydrogen-bond acceptors (Lipinski definition) is 6. The van der Waals surface area contributed by atoms with Gasteiger partial charge in [-0.1, -0.05) is 36.4 Å². The van der Waals surface area contributed by atoms with Crippen LogP contribution < -0.4 is 16.4 Å². The van der Waals surface area contributed by atoms with Gasteiger partial charge in [0, 0.05) is 50.0 Å². The zero-order valence-electron chi connectivity index (χ0n) is 22.3. The van der Waals surface area contributed by atoms with Gasteiger partial charge < -0.3 is 21.1 Å². The van der Waals surface area contributed by atoms with E-state index >= 15 is 0 Å². The van der Waals surface area contributed by atoms with E-state index in [4.69, 9.17) is 15.7 Å². The Morgan fingerprint density at radius 1 is 0.950 bits per heavy atom. The molecule has 3 aromatic carbocycles. The second kappa shape index (κ2) is 12.6. The van der Waals surface area contributed by atoms with E-state index in [1.807, 2.05) is 36.4 Å². The van der Waals surface area contributed by atoms with Crippen LogP contribution >= 0.6 is 0 Å². The molecule has 4 N–H and O–H groups in total. The number of anilines is 3. The number of benzene rings is 3. The van der Waals surface area contributed by atoms with E-state index in [0.717, 1.165) is 43.7 Å². The number of nitriles is 1. The first-order chi connectivity index (χ1) is 19.5. The summed E-state index contributed by atoms with van der Waals surface area (Å²) < 4.78 is 5.56. The van der Waals surface area contributed by atoms with Crippen LogP contribution in [-0.2, 0) is 14.3 Å². The number of carbonyl (C=O) groups excluding carboxylic acids is 2. The highest BCUT2D eigenvalue weighted by atomic mass is 16.5. The maximum Gasteiger partial charge on any atom is 0.248 e. The molecule has 8 heteroatoms. The van der Waals surface area contributed by atoms with E-state index in [9.17, 15) is 9.59 Å². The Kier molecular flexibility index (Phi) is 8.55. The number of carbonyl (C=O) groups is 2. The number of ether oxygens (including phenoxy) is 1. The summed E-state index contributed by atoms with van der Waals surface area (Å²) >= 11 is 0. The number of nitrogen functional groups attached to an aromatic ring is 1. The summed E-state index contributed by atoms with van der Waals surface area (Å²) in [5.74, 6) is -0.472. The van der Waals surface area contributed by atoms with Crippen LogP contribution in [0.5, 0.6) is 0 Å². The number of para-hydroxylation sites is 2. The summed E-state index contributed by atoms with van der Waals surface area (Å²) in [4.78, 5) is 28.3. The number of rotatable bonds is 7. The highest BCUT2D eigenvalue weighted by Crippen LogP contribution is 2.36. The average molecular weight is 536 g/mol. The number of likely N-dealkylation sites (tertiary alicyclic amines) is 1. The van der Waals surface area contributed by atoms with Crippen molar-refractivity contribution in [3.05, 3.63) is 95.6 Å². The number of amides is 2. The summed E-state index contributed by atoms with van der Waals surface area (Å²) in [6, 6.07) is 24.6. The Bertz CT molecular complexity index is 1410. The summed E-state index contributed by atoms with van der Waals surface area (Å²) in [6.45, 7) is 2.98. The lowest BCUT2D eigenvalue weighted by molar-refractivity contribution is -0.120. The van der Waals surface area contributed by atoms with Crippen LogP contribution in [0.2, 0.25) is 0 Å². The van der Waals surface area contributed by atoms with Gasteiger partial charge in [0.15, 0.2) is 0 Å². The fourth-order valence-electron chi connectivity index (χ4n) is 5.46. The molecule has 2 saturated heterocycles. The van der Waals surface area contributed by atoms with Gasteiger partial charge in [0.05, 0.1) is 28.9 Å². The highest BCUT2D eigenvalue weighted by molar-refractivity contribution is 6.03. The largest absolute Gasteiger partial charge is 0.397 e. The Hall–Kier alpha value is -4.45. The van der Waals surface area contributed by atoms with Gasteiger partial charge in [-0.15, -0.1) is 0 Å². The standard InChI is InChI=1S/C32H33N5O3/c33-19-23-7-12-25(13-8-23)35-32(39)28-21-37(26-15-17-40-18-16-26)20-27(28)24-10-5-22(6-11-24)9-14-31(38)36-30-4-2-1-3-29(30)34/h1-14,26-28H,15-18,20-21,34H2,(H,35,39)(H,36,38). The first-order valence-electron chi connectivity index (χ1n) is 13.6. The summed E-state index contributed by atoms with van der Waals surface area (Å²) in [6.07, 6.45) is 5.18. The van der Waals surface area contributed by atoms with Gasteiger partial charge in [-0.05, 0) is 66.4 Å². The molecule has 2 aliphatic rings. The third kappa shape index (κ3) is 6.57. The van der Waals surface area contributed by atoms with Crippen LogP contribution in [0, 0.1) is 17.2 Å². The molecule has 2 fully saturated rings. The Morgan fingerprint density at radius 2 is 1.68 bits per heavy atom. The monoisotopic (exact) mass is 535 g/mol. The maximum absolute atomic E-state index is 13.5. The smallest absolute Gasteiger partial charge is 0.248 e. The summed E-state index contributed by atoms with van der Waals surface area (Å²) in [7, 11) is 0. The van der Waals surface area contributed by atoms with Gasteiger partial charge in [0.2, 0.25) is 11.8 Å². The Balaban J connectivity index is 1.29. The lowest BCUT2D eigenvalue weighted by Gasteiger charge is -2.31. The van der Waals surface area contributed by atoms with E-state index in [1.165, 1.54) is 6.08 Å². The van der Waals surface area contributed by atoms with Gasteiger partial charge in [0.25, 0.3) is 0 Å². The molecule has 2 amide bonds. The third-order valence-electron chi connectivity index (χ3n) is 7.68. The van der Waals surface area contributed by atoms with E-state index < -0.39 is 0 Å². The molecule has 8 nitrogen and oxygen atoms in total. The molecular weight excluding hydrogens is 502 g/mol. The molecule has 3 aromatic rings. The maximum atomic E-state index is 13.5. The van der Waals surface area contributed by atoms with Crippen LogP contribution in [0.4, 0.5) is 17.1 Å². The van der Waals surface area contributed by atoms with Crippen molar-refractivity contribution < 1.29 is 14.3 Å². The normalized spacial score (nSPS) is 19.8. The van der Waals surface area contributed by atoms with Crippen LogP contribution in [0.25, 0.3) is 6.08 Å². The zero-order valence-corrected chi connectivity index (χ0v) is 22.3. The van der Waals surface area contributed by atoms with E-state index in [2.05, 4.69) is 21.6 Å². The number of nitrogens with zero attached hydrogens (tertiary/aromatic N) is 2. The summed E-state index contributed by atoms with van der Waals surface area (Å²) in [5, 5.41) is 14.9. The Morgan fingerprint density at radius 3 is 2.38 bits per heavy atom. The van der Waals surface area contributed by atoms with Crippen LogP contribution in [0.1, 0.15) is 35.4 Å². The topological polar surface area (TPSA) is 120 Å². The fourth-order valence-corrected chi connectivity index (χ4v) is 5.46. The first-order valence-corrected chi connectivity index (χ1v) is 13.6. The fraction of sp³-hybridized carbons (Fsp3) is 0.281. The molecule has 0 spiro atoms. The van der Waals surface area contributed by atoms with Crippen LogP contribution in [0.3, 0.4) is 0 Å². The predicted octanol–water partition coefficient (Wildman–Crippen LogP) is 4.63. The van der Waals surface area contributed by atoms with Crippen molar-refractivity contribution in [2.24, 2.45) is 5.92 Å². The SMILES string of the molecule is N#Cc1ccc(NC(=O)C2CN(C3CCOCC3)CC2c2ccc(C=CC(=O)Nc3ccccc3N)cc2)cc1. The van der Waals surface area contributed by atoms with Gasteiger partial charge in [0.1, 0.15) is 0 Å².